The highest BCUT2D eigenvalue weighted by molar-refractivity contribution is 6.08. The first-order chi connectivity index (χ1) is 21.2. The Bertz CT molecular complexity index is 1680. The molecule has 10 heteroatoms. The Morgan fingerprint density at radius 1 is 1.14 bits per heavy atom. The molecule has 0 bridgehead atoms. The quantitative estimate of drug-likeness (QED) is 0.317. The molecule has 1 aromatic heterocycles. The lowest BCUT2D eigenvalue weighted by atomic mass is 9.73. The lowest BCUT2D eigenvalue weighted by Gasteiger charge is -2.32. The largest absolute Gasteiger partial charge is 0.496 e. The molecule has 3 aliphatic rings. The van der Waals surface area contributed by atoms with Crippen LogP contribution in [0.3, 0.4) is 0 Å². The van der Waals surface area contributed by atoms with E-state index in [4.69, 9.17) is 15.2 Å². The number of H-pyrrole nitrogens is 1. The van der Waals surface area contributed by atoms with Crippen LogP contribution < -0.4 is 31.6 Å². The van der Waals surface area contributed by atoms with Crippen LogP contribution in [-0.4, -0.2) is 57.3 Å². The molecule has 2 amide bonds. The van der Waals surface area contributed by atoms with E-state index < -0.39 is 5.41 Å². The van der Waals surface area contributed by atoms with Crippen LogP contribution in [0.1, 0.15) is 69.9 Å². The van der Waals surface area contributed by atoms with Crippen molar-refractivity contribution in [1.29, 1.82) is 0 Å². The fraction of sp³-hybridized carbons (Fsp3) is 0.441. The predicted molar refractivity (Wildman–Crippen MR) is 171 cm³/mol. The van der Waals surface area contributed by atoms with Gasteiger partial charge in [-0.3, -0.25) is 14.4 Å². The second-order valence-corrected chi connectivity index (χ2v) is 12.2. The van der Waals surface area contributed by atoms with Crippen molar-refractivity contribution >= 4 is 23.2 Å². The lowest BCUT2D eigenvalue weighted by Crippen LogP contribution is -2.46. The molecule has 0 unspecified atom stereocenters. The number of amides is 2. The highest BCUT2D eigenvalue weighted by Crippen LogP contribution is 2.49. The van der Waals surface area contributed by atoms with Gasteiger partial charge in [-0.15, -0.1) is 0 Å². The monoisotopic (exact) mass is 599 g/mol. The number of likely N-dealkylation sites (N-methyl/N-ethyl adjacent to an activating group) is 1. The number of hydrogen-bond acceptors (Lipinski definition) is 7. The van der Waals surface area contributed by atoms with E-state index in [1.165, 1.54) is 7.11 Å². The van der Waals surface area contributed by atoms with Gasteiger partial charge in [-0.05, 0) is 105 Å². The van der Waals surface area contributed by atoms with Gasteiger partial charge in [0, 0.05) is 42.9 Å². The zero-order valence-electron chi connectivity index (χ0n) is 25.9. The van der Waals surface area contributed by atoms with Gasteiger partial charge >= 0.3 is 0 Å². The predicted octanol–water partition coefficient (Wildman–Crippen LogP) is 3.67. The number of anilines is 2. The van der Waals surface area contributed by atoms with Crippen LogP contribution >= 0.6 is 0 Å². The summed E-state index contributed by atoms with van der Waals surface area (Å²) in [5.41, 5.74) is 13.6. The molecule has 3 aliphatic heterocycles. The van der Waals surface area contributed by atoms with E-state index in [0.717, 1.165) is 66.7 Å². The van der Waals surface area contributed by atoms with Crippen LogP contribution in [0.25, 0.3) is 11.1 Å². The third kappa shape index (κ3) is 4.95. The number of pyridine rings is 1. The van der Waals surface area contributed by atoms with Crippen molar-refractivity contribution in [2.75, 3.05) is 51.1 Å². The first kappa shape index (κ1) is 29.9. The molecule has 0 radical (unpaired) electrons. The van der Waals surface area contributed by atoms with Gasteiger partial charge in [0.15, 0.2) is 0 Å². The van der Waals surface area contributed by atoms with Crippen LogP contribution in [0.5, 0.6) is 5.75 Å². The van der Waals surface area contributed by atoms with Crippen molar-refractivity contribution in [2.45, 2.75) is 57.4 Å². The minimum absolute atomic E-state index is 0.00327. The molecule has 232 valence electrons. The summed E-state index contributed by atoms with van der Waals surface area (Å²) >= 11 is 0. The lowest BCUT2D eigenvalue weighted by molar-refractivity contribution is -0.123. The Morgan fingerprint density at radius 3 is 2.57 bits per heavy atom. The average Bonchev–Trinajstić information content (AvgIpc) is 3.23. The molecule has 5 N–H and O–H groups in total. The number of piperidine rings is 1. The highest BCUT2D eigenvalue weighted by Gasteiger charge is 2.50. The van der Waals surface area contributed by atoms with Gasteiger partial charge in [0.05, 0.1) is 24.6 Å². The van der Waals surface area contributed by atoms with Gasteiger partial charge in [-0.2, -0.15) is 0 Å². The summed E-state index contributed by atoms with van der Waals surface area (Å²) in [5.74, 6) is 0.397. The second kappa shape index (κ2) is 11.7. The van der Waals surface area contributed by atoms with Crippen LogP contribution in [0, 0.1) is 13.8 Å². The number of benzene rings is 2. The van der Waals surface area contributed by atoms with Crippen molar-refractivity contribution in [3.05, 3.63) is 74.2 Å². The van der Waals surface area contributed by atoms with E-state index in [0.29, 0.717) is 47.0 Å². The molecule has 4 heterocycles. The van der Waals surface area contributed by atoms with Gasteiger partial charge in [0.2, 0.25) is 5.91 Å². The number of nitrogens with two attached hydrogens (primary N) is 1. The number of rotatable bonds is 6. The molecule has 0 aliphatic carbocycles. The molecule has 2 aromatic carbocycles. The van der Waals surface area contributed by atoms with E-state index in [9.17, 15) is 14.4 Å². The maximum atomic E-state index is 13.7. The first-order valence-electron chi connectivity index (χ1n) is 15.4. The summed E-state index contributed by atoms with van der Waals surface area (Å²) < 4.78 is 11.1. The van der Waals surface area contributed by atoms with Gasteiger partial charge < -0.3 is 35.7 Å². The van der Waals surface area contributed by atoms with Crippen molar-refractivity contribution in [2.24, 2.45) is 0 Å². The van der Waals surface area contributed by atoms with E-state index in [1.54, 1.807) is 17.9 Å². The van der Waals surface area contributed by atoms with E-state index in [-0.39, 0.29) is 29.8 Å². The van der Waals surface area contributed by atoms with Crippen LogP contribution in [0.2, 0.25) is 0 Å². The van der Waals surface area contributed by atoms with Crippen molar-refractivity contribution in [3.63, 3.8) is 0 Å². The Hall–Kier alpha value is -4.15. The molecule has 2 saturated heterocycles. The topological polar surface area (TPSA) is 139 Å². The fourth-order valence-corrected chi connectivity index (χ4v) is 7.29. The van der Waals surface area contributed by atoms with E-state index in [2.05, 4.69) is 33.8 Å². The van der Waals surface area contributed by atoms with E-state index >= 15 is 0 Å². The molecule has 2 fully saturated rings. The molecule has 1 spiro atoms. The van der Waals surface area contributed by atoms with Crippen LogP contribution in [0.15, 0.2) is 35.1 Å². The number of nitrogens with one attached hydrogen (secondary N) is 3. The summed E-state index contributed by atoms with van der Waals surface area (Å²) in [6, 6.07) is 9.89. The maximum Gasteiger partial charge on any atom is 0.256 e. The highest BCUT2D eigenvalue weighted by atomic mass is 16.5. The van der Waals surface area contributed by atoms with Crippen molar-refractivity contribution in [3.8, 4) is 16.9 Å². The standard InChI is InChI=1S/C34H41N5O5/c1-19-15-28(43-4)25(32(41)38-19)18-37-31(40)23-17-24(29(30(35)20(23)2)21-7-13-44-14-8-21)22-5-6-26-27(16-22)39(3)33(42)34(26)9-11-36-12-10-34/h5-6,15-17,21,36H,7-14,18,35H2,1-4H3,(H,37,40)(H,38,41). The zero-order chi connectivity index (χ0) is 31.2. The Kier molecular flexibility index (Phi) is 7.98. The average molecular weight is 600 g/mol. The van der Waals surface area contributed by atoms with Gasteiger partial charge in [0.25, 0.3) is 11.5 Å². The Balaban J connectivity index is 1.42. The zero-order valence-corrected chi connectivity index (χ0v) is 25.9. The van der Waals surface area contributed by atoms with Gasteiger partial charge in [0.1, 0.15) is 5.75 Å². The number of aryl methyl sites for hydroxylation is 1. The van der Waals surface area contributed by atoms with Gasteiger partial charge in [-0.25, -0.2) is 0 Å². The molecule has 3 aromatic rings. The number of carbonyl (C=O) groups excluding carboxylic acids is 2. The fourth-order valence-electron chi connectivity index (χ4n) is 7.29. The number of carbonyl (C=O) groups is 2. The SMILES string of the molecule is COc1cc(C)[nH]c(=O)c1CNC(=O)c1cc(-c2ccc3c(c2)N(C)C(=O)C32CCNCC2)c(C2CCOCC2)c(N)c1C. The molecular formula is C34H41N5O5. The first-order valence-corrected chi connectivity index (χ1v) is 15.4. The van der Waals surface area contributed by atoms with Gasteiger partial charge in [-0.1, -0.05) is 12.1 Å². The summed E-state index contributed by atoms with van der Waals surface area (Å²) in [6.45, 7) is 6.55. The Labute approximate surface area is 257 Å². The summed E-state index contributed by atoms with van der Waals surface area (Å²) in [7, 11) is 3.35. The minimum atomic E-state index is -0.496. The van der Waals surface area contributed by atoms with Crippen LogP contribution in [-0.2, 0) is 21.5 Å². The van der Waals surface area contributed by atoms with E-state index in [1.807, 2.05) is 20.0 Å². The number of ether oxygens (including phenoxy) is 2. The molecule has 44 heavy (non-hydrogen) atoms. The summed E-state index contributed by atoms with van der Waals surface area (Å²) in [4.78, 5) is 44.5. The summed E-state index contributed by atoms with van der Waals surface area (Å²) in [5, 5.41) is 6.30. The number of fused-ring (bicyclic) bond motifs is 2. The molecular weight excluding hydrogens is 558 g/mol. The smallest absolute Gasteiger partial charge is 0.256 e. The Morgan fingerprint density at radius 2 is 1.86 bits per heavy atom. The summed E-state index contributed by atoms with van der Waals surface area (Å²) in [6.07, 6.45) is 3.20. The third-order valence-corrected chi connectivity index (χ3v) is 9.78. The maximum absolute atomic E-state index is 13.7. The normalized spacial score (nSPS) is 18.0. The number of hydrogen-bond donors (Lipinski definition) is 4. The van der Waals surface area contributed by atoms with Crippen molar-refractivity contribution < 1.29 is 19.1 Å². The second-order valence-electron chi connectivity index (χ2n) is 12.2. The van der Waals surface area contributed by atoms with Crippen LogP contribution in [0.4, 0.5) is 11.4 Å². The number of nitrogens with zero attached hydrogens (tertiary/aromatic N) is 1. The van der Waals surface area contributed by atoms with Crippen molar-refractivity contribution in [1.82, 2.24) is 15.6 Å². The molecule has 0 atom stereocenters. The number of methoxy groups -OCH3 is 1. The molecule has 10 nitrogen and oxygen atoms in total. The number of aromatic amines is 1. The number of nitrogen functional groups attached to an aromatic ring is 1. The minimum Gasteiger partial charge on any atom is -0.496 e. The third-order valence-electron chi connectivity index (χ3n) is 9.78. The number of aromatic nitrogens is 1. The molecule has 6 rings (SSSR count). The molecule has 0 saturated carbocycles.